The van der Waals surface area contributed by atoms with Crippen LogP contribution in [-0.4, -0.2) is 21.0 Å². The molecule has 0 atom stereocenters. The third-order valence-electron chi connectivity index (χ3n) is 2.62. The van der Waals surface area contributed by atoms with Crippen molar-refractivity contribution in [2.24, 2.45) is 10.6 Å². The van der Waals surface area contributed by atoms with Gasteiger partial charge in [0.15, 0.2) is 0 Å². The van der Waals surface area contributed by atoms with Crippen LogP contribution in [0.2, 0.25) is 5.02 Å². The third kappa shape index (κ3) is 5.58. The molecule has 0 unspecified atom stereocenters. The van der Waals surface area contributed by atoms with Crippen LogP contribution in [0.4, 0.5) is 0 Å². The summed E-state index contributed by atoms with van der Waals surface area (Å²) in [4.78, 5) is 11.7. The predicted octanol–water partition coefficient (Wildman–Crippen LogP) is 3.34. The van der Waals surface area contributed by atoms with Crippen molar-refractivity contribution in [2.75, 3.05) is 6.61 Å². The van der Waals surface area contributed by atoms with Crippen molar-refractivity contribution >= 4 is 43.5 Å². The Kier molecular flexibility index (Phi) is 5.83. The summed E-state index contributed by atoms with van der Waals surface area (Å²) in [5.41, 5.74) is -0.0170. The average Bonchev–Trinajstić information content (AvgIpc) is 2.28. The first-order valence-electron chi connectivity index (χ1n) is 6.11. The lowest BCUT2D eigenvalue weighted by atomic mass is 9.93. The Balaban J connectivity index is 3.03. The number of ether oxygens (including phenoxy) is 1. The van der Waals surface area contributed by atoms with Gasteiger partial charge in [-0.1, -0.05) is 48.3 Å². The Morgan fingerprint density at radius 3 is 2.43 bits per heavy atom. The largest absolute Gasteiger partial charge is 0.462 e. The fraction of sp³-hybridized carbons (Fsp3) is 0.462. The van der Waals surface area contributed by atoms with Crippen LogP contribution in [-0.2, 0) is 14.8 Å². The lowest BCUT2D eigenvalue weighted by Crippen LogP contribution is -2.16. The van der Waals surface area contributed by atoms with E-state index in [9.17, 15) is 13.2 Å². The number of rotatable bonds is 4. The number of primary sulfonamides is 1. The van der Waals surface area contributed by atoms with E-state index in [4.69, 9.17) is 21.5 Å². The van der Waals surface area contributed by atoms with Crippen molar-refractivity contribution in [1.82, 2.24) is 0 Å². The van der Waals surface area contributed by atoms with E-state index in [0.717, 1.165) is 0 Å². The molecule has 2 N–H and O–H groups in total. The van der Waals surface area contributed by atoms with Gasteiger partial charge in [0, 0.05) is 4.47 Å². The van der Waals surface area contributed by atoms with Gasteiger partial charge in [-0.3, -0.25) is 0 Å². The molecular weight excluding hydrogens is 382 g/mol. The third-order valence-corrected chi connectivity index (χ3v) is 4.53. The molecule has 0 saturated heterocycles. The normalized spacial score (nSPS) is 12.3. The molecule has 0 aliphatic carbocycles. The maximum atomic E-state index is 12.0. The fourth-order valence-corrected chi connectivity index (χ4v) is 3.22. The van der Waals surface area contributed by atoms with Crippen molar-refractivity contribution in [2.45, 2.75) is 32.1 Å². The van der Waals surface area contributed by atoms with E-state index in [1.54, 1.807) is 0 Å². The number of carbonyl (C=O) groups excluding carboxylic acids is 1. The molecule has 0 spiro atoms. The number of benzene rings is 1. The number of carbonyl (C=O) groups is 1. The molecule has 5 nitrogen and oxygen atoms in total. The van der Waals surface area contributed by atoms with E-state index in [1.165, 1.54) is 12.1 Å². The summed E-state index contributed by atoms with van der Waals surface area (Å²) in [5.74, 6) is -0.685. The summed E-state index contributed by atoms with van der Waals surface area (Å²) in [7, 11) is -4.03. The first-order chi connectivity index (χ1) is 9.42. The molecule has 118 valence electrons. The molecule has 0 bridgehead atoms. The number of nitrogens with two attached hydrogens (primary N) is 1. The highest BCUT2D eigenvalue weighted by molar-refractivity contribution is 9.10. The van der Waals surface area contributed by atoms with Crippen LogP contribution in [0.25, 0.3) is 0 Å². The van der Waals surface area contributed by atoms with E-state index in [1.807, 2.05) is 20.8 Å². The second kappa shape index (κ2) is 6.64. The summed E-state index contributed by atoms with van der Waals surface area (Å²) in [6.07, 6.45) is 0.673. The van der Waals surface area contributed by atoms with Crippen molar-refractivity contribution in [3.63, 3.8) is 0 Å². The average molecular weight is 399 g/mol. The second-order valence-electron chi connectivity index (χ2n) is 5.76. The van der Waals surface area contributed by atoms with Gasteiger partial charge in [-0.25, -0.2) is 18.4 Å². The van der Waals surface area contributed by atoms with Crippen molar-refractivity contribution in [3.05, 3.63) is 27.2 Å². The molecule has 0 aromatic heterocycles. The van der Waals surface area contributed by atoms with Gasteiger partial charge in [-0.2, -0.15) is 0 Å². The Labute approximate surface area is 138 Å². The molecule has 0 saturated carbocycles. The minimum atomic E-state index is -4.03. The quantitative estimate of drug-likeness (QED) is 0.788. The maximum absolute atomic E-state index is 12.0. The van der Waals surface area contributed by atoms with Crippen LogP contribution in [0.1, 0.15) is 37.6 Å². The Bertz CT molecular complexity index is 653. The van der Waals surface area contributed by atoms with E-state index in [-0.39, 0.29) is 27.5 Å². The van der Waals surface area contributed by atoms with E-state index in [2.05, 4.69) is 15.9 Å². The SMILES string of the molecule is CC(C)(C)CCOC(=O)c1cc(Br)cc(S(N)(=O)=O)c1Cl. The minimum absolute atomic E-state index is 0.0209. The molecule has 0 heterocycles. The van der Waals surface area contributed by atoms with Crippen LogP contribution in [0.3, 0.4) is 0 Å². The molecule has 0 aliphatic rings. The lowest BCUT2D eigenvalue weighted by molar-refractivity contribution is 0.0464. The van der Waals surface area contributed by atoms with Crippen molar-refractivity contribution in [3.8, 4) is 0 Å². The van der Waals surface area contributed by atoms with Crippen LogP contribution in [0, 0.1) is 5.41 Å². The highest BCUT2D eigenvalue weighted by atomic mass is 79.9. The minimum Gasteiger partial charge on any atom is -0.462 e. The molecule has 21 heavy (non-hydrogen) atoms. The molecule has 0 radical (unpaired) electrons. The molecule has 0 fully saturated rings. The summed E-state index contributed by atoms with van der Waals surface area (Å²) < 4.78 is 28.4. The zero-order valence-electron chi connectivity index (χ0n) is 11.9. The number of hydrogen-bond donors (Lipinski definition) is 1. The molecule has 1 aromatic carbocycles. The van der Waals surface area contributed by atoms with Crippen molar-refractivity contribution < 1.29 is 17.9 Å². The zero-order chi connectivity index (χ0) is 16.4. The molecule has 0 aliphatic heterocycles. The lowest BCUT2D eigenvalue weighted by Gasteiger charge is -2.17. The highest BCUT2D eigenvalue weighted by Gasteiger charge is 2.22. The van der Waals surface area contributed by atoms with Gasteiger partial charge in [0.05, 0.1) is 17.2 Å². The smallest absolute Gasteiger partial charge is 0.339 e. The van der Waals surface area contributed by atoms with Gasteiger partial charge < -0.3 is 4.74 Å². The first-order valence-corrected chi connectivity index (χ1v) is 8.82. The van der Waals surface area contributed by atoms with Gasteiger partial charge in [0.1, 0.15) is 4.90 Å². The maximum Gasteiger partial charge on any atom is 0.339 e. The molecule has 8 heteroatoms. The summed E-state index contributed by atoms with van der Waals surface area (Å²) in [6.45, 7) is 6.28. The predicted molar refractivity (Wildman–Crippen MR) is 84.9 cm³/mol. The summed E-state index contributed by atoms with van der Waals surface area (Å²) >= 11 is 9.07. The van der Waals surface area contributed by atoms with Gasteiger partial charge >= 0.3 is 5.97 Å². The molecule has 1 aromatic rings. The van der Waals surface area contributed by atoms with E-state index >= 15 is 0 Å². The Morgan fingerprint density at radius 1 is 1.38 bits per heavy atom. The number of hydrogen-bond acceptors (Lipinski definition) is 4. The van der Waals surface area contributed by atoms with Crippen LogP contribution in [0.5, 0.6) is 0 Å². The van der Waals surface area contributed by atoms with Gasteiger partial charge in [0.2, 0.25) is 10.0 Å². The van der Waals surface area contributed by atoms with Gasteiger partial charge in [-0.05, 0) is 24.0 Å². The highest BCUT2D eigenvalue weighted by Crippen LogP contribution is 2.29. The van der Waals surface area contributed by atoms with Gasteiger partial charge in [-0.15, -0.1) is 0 Å². The first kappa shape index (κ1) is 18.4. The zero-order valence-corrected chi connectivity index (χ0v) is 15.1. The fourth-order valence-electron chi connectivity index (χ4n) is 1.45. The summed E-state index contributed by atoms with van der Waals surface area (Å²) in [5, 5.41) is 4.83. The summed E-state index contributed by atoms with van der Waals surface area (Å²) in [6, 6.07) is 2.64. The monoisotopic (exact) mass is 397 g/mol. The van der Waals surface area contributed by atoms with E-state index < -0.39 is 16.0 Å². The number of sulfonamides is 1. The topological polar surface area (TPSA) is 86.5 Å². The molecule has 0 amide bonds. The van der Waals surface area contributed by atoms with Gasteiger partial charge in [0.25, 0.3) is 0 Å². The van der Waals surface area contributed by atoms with Crippen LogP contribution >= 0.6 is 27.5 Å². The van der Waals surface area contributed by atoms with E-state index in [0.29, 0.717) is 10.9 Å². The van der Waals surface area contributed by atoms with Crippen LogP contribution in [0.15, 0.2) is 21.5 Å². The standard InChI is InChI=1S/C13H17BrClNO4S/c1-13(2,3)4-5-20-12(17)9-6-8(14)7-10(11(9)15)21(16,18)19/h6-7H,4-5H2,1-3H3,(H2,16,18,19). The van der Waals surface area contributed by atoms with Crippen LogP contribution < -0.4 is 5.14 Å². The molecular formula is C13H17BrClNO4S. The Hall–Kier alpha value is -0.630. The number of halogens is 2. The second-order valence-corrected chi connectivity index (χ2v) is 8.58. The number of esters is 1. The Morgan fingerprint density at radius 2 is 1.95 bits per heavy atom. The molecule has 1 rings (SSSR count). The van der Waals surface area contributed by atoms with Crippen molar-refractivity contribution in [1.29, 1.82) is 0 Å².